The van der Waals surface area contributed by atoms with Crippen LogP contribution in [0.25, 0.3) is 10.8 Å². The summed E-state index contributed by atoms with van der Waals surface area (Å²) in [4.78, 5) is 83.5. The van der Waals surface area contributed by atoms with E-state index >= 15 is 4.39 Å². The lowest BCUT2D eigenvalue weighted by atomic mass is 10.0. The number of hydrogen-bond donors (Lipinski definition) is 3. The maximum absolute atomic E-state index is 15.0. The van der Waals surface area contributed by atoms with E-state index in [0.29, 0.717) is 80.0 Å². The molecule has 2 atom stereocenters. The van der Waals surface area contributed by atoms with Crippen LogP contribution in [0.4, 0.5) is 30.8 Å². The van der Waals surface area contributed by atoms with E-state index in [4.69, 9.17) is 31.0 Å². The van der Waals surface area contributed by atoms with Crippen molar-refractivity contribution in [1.82, 2.24) is 35.3 Å². The first-order chi connectivity index (χ1) is 34.8. The van der Waals surface area contributed by atoms with Crippen LogP contribution >= 0.6 is 11.6 Å². The molecule has 6 amide bonds. The molecule has 17 nitrogen and oxygen atoms in total. The number of nitrogens with one attached hydrogen (secondary N) is 3. The van der Waals surface area contributed by atoms with E-state index in [-0.39, 0.29) is 55.0 Å². The number of ether oxygens (including phenoxy) is 2. The lowest BCUT2D eigenvalue weighted by Crippen LogP contribution is -2.52. The number of nitrogens with zero attached hydrogens (tertiary/aromatic N) is 7. The second kappa shape index (κ2) is 20.4. The average Bonchev–Trinajstić information content (AvgIpc) is 3.95. The number of rotatable bonds is 13. The molecule has 4 aromatic carbocycles. The molecule has 3 N–H and O–H groups in total. The molecule has 0 bridgehead atoms. The largest absolute Gasteiger partial charge is 0.485 e. The molecule has 374 valence electrons. The number of benzene rings is 4. The predicted octanol–water partition coefficient (Wildman–Crippen LogP) is 5.96. The minimum Gasteiger partial charge on any atom is -0.485 e. The molecule has 3 saturated heterocycles. The summed E-state index contributed by atoms with van der Waals surface area (Å²) in [5, 5.41) is 10.2. The van der Waals surface area contributed by atoms with Gasteiger partial charge in [-0.25, -0.2) is 9.18 Å². The van der Waals surface area contributed by atoms with E-state index in [1.54, 1.807) is 23.1 Å². The zero-order valence-electron chi connectivity index (χ0n) is 39.6. The monoisotopic (exact) mass is 1000 g/mol. The van der Waals surface area contributed by atoms with Crippen molar-refractivity contribution >= 4 is 69.2 Å². The number of imide groups is 1. The zero-order chi connectivity index (χ0) is 50.2. The molecule has 5 aromatic rings. The van der Waals surface area contributed by atoms with Crippen molar-refractivity contribution in [2.24, 2.45) is 0 Å². The molecule has 2 unspecified atom stereocenters. The molecular weight excluding hydrogens is 950 g/mol. The Morgan fingerprint density at radius 1 is 0.903 bits per heavy atom. The highest BCUT2D eigenvalue weighted by atomic mass is 35.5. The van der Waals surface area contributed by atoms with Crippen molar-refractivity contribution in [3.05, 3.63) is 123 Å². The number of aromatic nitrogens is 2. The standard InChI is InChI=1S/C52H53ClF2N10O7/c1-30(28-71-43-24-34(23-39(54)46(43)55)57-51(70)56-25-31-11-12-36-33(22-31)26-65(50(36)69)42-13-14-44(66)59-48(42)67)49(68)63-20-18-62(19-21-63)47-37-15-17-64(41-10-4-7-32-6-3-9-38(53)45(32)41)27-40(37)58-52(60-47)72-29-35-8-5-16-61(35)2/h3-4,6-7,9-12,22-24,35,42H,1,5,8,13-21,25-29H2,2H3,(H2,56,57,70)(H,59,66,67). The number of amides is 6. The Labute approximate surface area is 419 Å². The van der Waals surface area contributed by atoms with Crippen molar-refractivity contribution in [3.8, 4) is 11.8 Å². The highest BCUT2D eigenvalue weighted by Gasteiger charge is 2.39. The fourth-order valence-electron chi connectivity index (χ4n) is 10.2. The predicted molar refractivity (Wildman–Crippen MR) is 265 cm³/mol. The zero-order valence-corrected chi connectivity index (χ0v) is 40.4. The minimum absolute atomic E-state index is 0.0193. The van der Waals surface area contributed by atoms with E-state index in [9.17, 15) is 28.4 Å². The highest BCUT2D eigenvalue weighted by Crippen LogP contribution is 2.38. The number of anilines is 3. The number of piperazine rings is 1. The van der Waals surface area contributed by atoms with Crippen LogP contribution < -0.4 is 35.2 Å². The van der Waals surface area contributed by atoms with Crippen molar-refractivity contribution in [3.63, 3.8) is 0 Å². The summed E-state index contributed by atoms with van der Waals surface area (Å²) < 4.78 is 41.8. The molecule has 1 aromatic heterocycles. The Bertz CT molecular complexity index is 3020. The molecule has 0 radical (unpaired) electrons. The molecule has 20 heteroatoms. The van der Waals surface area contributed by atoms with E-state index in [0.717, 1.165) is 65.1 Å². The first-order valence-electron chi connectivity index (χ1n) is 24.1. The number of halogens is 3. The second-order valence-corrected chi connectivity index (χ2v) is 19.2. The molecule has 5 aliphatic rings. The summed E-state index contributed by atoms with van der Waals surface area (Å²) in [6.07, 6.45) is 3.19. The van der Waals surface area contributed by atoms with Gasteiger partial charge in [-0.05, 0) is 74.0 Å². The van der Waals surface area contributed by atoms with Gasteiger partial charge in [0, 0.05) is 104 Å². The SMILES string of the molecule is C=C(COc1cc(NC(=O)NCc2ccc3c(c2)CN(C2CCC(=O)NC2=O)C3=O)cc(F)c1F)C(=O)N1CCN(c2nc(OCC3CCCN3C)nc3c2CCN(c2cccc4cccc(Cl)c24)C3)CC1. The van der Waals surface area contributed by atoms with Crippen LogP contribution in [0.3, 0.4) is 0 Å². The van der Waals surface area contributed by atoms with E-state index < -0.39 is 47.9 Å². The Balaban J connectivity index is 0.746. The number of piperidine rings is 1. The molecule has 0 spiro atoms. The summed E-state index contributed by atoms with van der Waals surface area (Å²) in [6, 6.07) is 18.1. The molecule has 0 saturated carbocycles. The molecule has 0 aliphatic carbocycles. The molecule has 72 heavy (non-hydrogen) atoms. The maximum Gasteiger partial charge on any atom is 0.319 e. The van der Waals surface area contributed by atoms with E-state index in [2.05, 4.69) is 62.5 Å². The first kappa shape index (κ1) is 48.3. The lowest BCUT2D eigenvalue weighted by Gasteiger charge is -2.38. The van der Waals surface area contributed by atoms with Gasteiger partial charge in [-0.1, -0.05) is 54.6 Å². The number of likely N-dealkylation sites (tertiary alicyclic amines) is 1. The van der Waals surface area contributed by atoms with Crippen molar-refractivity contribution in [2.45, 2.75) is 63.8 Å². The number of fused-ring (bicyclic) bond motifs is 3. The summed E-state index contributed by atoms with van der Waals surface area (Å²) >= 11 is 6.75. The Morgan fingerprint density at radius 2 is 1.71 bits per heavy atom. The van der Waals surface area contributed by atoms with Crippen molar-refractivity contribution in [2.75, 3.05) is 74.6 Å². The topological polar surface area (TPSA) is 182 Å². The first-order valence-corrected chi connectivity index (χ1v) is 24.5. The van der Waals surface area contributed by atoms with Crippen LogP contribution in [0.1, 0.15) is 58.4 Å². The molecule has 6 heterocycles. The van der Waals surface area contributed by atoms with Gasteiger partial charge >= 0.3 is 12.0 Å². The van der Waals surface area contributed by atoms with Gasteiger partial charge in [0.1, 0.15) is 25.1 Å². The summed E-state index contributed by atoms with van der Waals surface area (Å²) in [5.74, 6) is -3.94. The Hall–Kier alpha value is -7.38. The van der Waals surface area contributed by atoms with Crippen LogP contribution in [0.5, 0.6) is 11.8 Å². The quantitative estimate of drug-likeness (QED) is 0.0932. The number of likely N-dealkylation sites (N-methyl/N-ethyl adjacent to an activating group) is 1. The third-order valence-electron chi connectivity index (χ3n) is 14.1. The Kier molecular flexibility index (Phi) is 13.7. The highest BCUT2D eigenvalue weighted by molar-refractivity contribution is 6.36. The van der Waals surface area contributed by atoms with Gasteiger partial charge in [0.15, 0.2) is 11.6 Å². The van der Waals surface area contributed by atoms with Gasteiger partial charge < -0.3 is 44.6 Å². The average molecular weight is 1000 g/mol. The van der Waals surface area contributed by atoms with Crippen LogP contribution in [0.15, 0.2) is 78.9 Å². The van der Waals surface area contributed by atoms with Crippen LogP contribution in [0, 0.1) is 11.6 Å². The smallest absolute Gasteiger partial charge is 0.319 e. The summed E-state index contributed by atoms with van der Waals surface area (Å²) in [5.41, 5.74) is 4.58. The normalized spacial score (nSPS) is 19.0. The molecule has 3 fully saturated rings. The summed E-state index contributed by atoms with van der Waals surface area (Å²) in [6.45, 7) is 7.97. The molecule has 10 rings (SSSR count). The van der Waals surface area contributed by atoms with E-state index in [1.165, 1.54) is 4.90 Å². The van der Waals surface area contributed by atoms with Gasteiger partial charge in [-0.15, -0.1) is 0 Å². The van der Waals surface area contributed by atoms with Gasteiger partial charge in [0.25, 0.3) is 11.8 Å². The van der Waals surface area contributed by atoms with Gasteiger partial charge in [0.05, 0.1) is 17.3 Å². The fraction of sp³-hybridized carbons (Fsp3) is 0.365. The number of carbonyl (C=O) groups excluding carboxylic acids is 5. The third kappa shape index (κ3) is 9.95. The number of carbonyl (C=O) groups is 5. The molecule has 5 aliphatic heterocycles. The van der Waals surface area contributed by atoms with Gasteiger partial charge in [-0.3, -0.25) is 24.5 Å². The van der Waals surface area contributed by atoms with Crippen molar-refractivity contribution in [1.29, 1.82) is 0 Å². The second-order valence-electron chi connectivity index (χ2n) is 18.8. The van der Waals surface area contributed by atoms with E-state index in [1.807, 2.05) is 18.2 Å². The Morgan fingerprint density at radius 3 is 2.49 bits per heavy atom. The number of hydrogen-bond acceptors (Lipinski definition) is 12. The van der Waals surface area contributed by atoms with Crippen LogP contribution in [-0.4, -0.2) is 126 Å². The third-order valence-corrected chi connectivity index (χ3v) is 14.5. The van der Waals surface area contributed by atoms with Gasteiger partial charge in [0.2, 0.25) is 17.6 Å². The fourth-order valence-corrected chi connectivity index (χ4v) is 10.5. The summed E-state index contributed by atoms with van der Waals surface area (Å²) in [7, 11) is 2.10. The van der Waals surface area contributed by atoms with Crippen LogP contribution in [-0.2, 0) is 40.4 Å². The van der Waals surface area contributed by atoms with Gasteiger partial charge in [-0.2, -0.15) is 14.4 Å². The van der Waals surface area contributed by atoms with Crippen LogP contribution in [0.2, 0.25) is 5.02 Å². The maximum atomic E-state index is 15.0. The lowest BCUT2D eigenvalue weighted by molar-refractivity contribution is -0.137. The number of urea groups is 1. The van der Waals surface area contributed by atoms with Crippen molar-refractivity contribution < 1.29 is 42.2 Å². The molecular formula is C52H53ClF2N10O7. The minimum atomic E-state index is -1.30.